The molecule has 0 rings (SSSR count). The summed E-state index contributed by atoms with van der Waals surface area (Å²) in [6.07, 6.45) is 63.0. The number of unbranched alkanes of at least 4 members (excludes halogenated alkanes) is 41. The van der Waals surface area contributed by atoms with E-state index < -0.39 is 20.0 Å². The molecule has 68 heavy (non-hydrogen) atoms. The summed E-state index contributed by atoms with van der Waals surface area (Å²) in [5, 5.41) is 13.9. The van der Waals surface area contributed by atoms with Gasteiger partial charge in [-0.05, 0) is 38.5 Å². The lowest BCUT2D eigenvalue weighted by Crippen LogP contribution is -2.46. The van der Waals surface area contributed by atoms with Crippen LogP contribution in [0.15, 0.2) is 12.2 Å². The van der Waals surface area contributed by atoms with Crippen molar-refractivity contribution in [1.29, 1.82) is 0 Å². The first kappa shape index (κ1) is 67.2. The zero-order valence-corrected chi connectivity index (χ0v) is 47.2. The van der Waals surface area contributed by atoms with E-state index in [2.05, 4.69) is 31.3 Å². The van der Waals surface area contributed by atoms with E-state index in [9.17, 15) is 19.4 Å². The van der Waals surface area contributed by atoms with Gasteiger partial charge in [-0.3, -0.25) is 9.36 Å². The minimum Gasteiger partial charge on any atom is -0.756 e. The molecular weight excluding hydrogens is 864 g/mol. The summed E-state index contributed by atoms with van der Waals surface area (Å²) in [5.74, 6) is -0.161. The Bertz CT molecular complexity index is 1120. The average Bonchev–Trinajstić information content (AvgIpc) is 3.30. The third kappa shape index (κ3) is 53.0. The molecule has 0 radical (unpaired) electrons. The molecule has 0 fully saturated rings. The van der Waals surface area contributed by atoms with Gasteiger partial charge >= 0.3 is 0 Å². The van der Waals surface area contributed by atoms with E-state index in [1.54, 1.807) is 0 Å². The highest BCUT2D eigenvalue weighted by Crippen LogP contribution is 2.38. The van der Waals surface area contributed by atoms with Crippen molar-refractivity contribution < 1.29 is 32.9 Å². The summed E-state index contributed by atoms with van der Waals surface area (Å²) in [5.41, 5.74) is 0. The Kier molecular flexibility index (Phi) is 50.6. The maximum atomic E-state index is 12.9. The molecule has 0 saturated heterocycles. The lowest BCUT2D eigenvalue weighted by Gasteiger charge is -2.30. The molecule has 0 saturated carbocycles. The summed E-state index contributed by atoms with van der Waals surface area (Å²) in [6, 6.07) is -0.794. The van der Waals surface area contributed by atoms with Crippen LogP contribution in [0.2, 0.25) is 0 Å². The fraction of sp³-hybridized carbons (Fsp3) is 0.949. The molecule has 0 aromatic heterocycles. The van der Waals surface area contributed by atoms with E-state index in [1.807, 2.05) is 21.1 Å². The van der Waals surface area contributed by atoms with Gasteiger partial charge in [-0.2, -0.15) is 0 Å². The van der Waals surface area contributed by atoms with Crippen molar-refractivity contribution >= 4 is 13.7 Å². The van der Waals surface area contributed by atoms with Crippen LogP contribution in [0.4, 0.5) is 0 Å². The Balaban J connectivity index is 3.77. The van der Waals surface area contributed by atoms with Crippen LogP contribution in [-0.2, 0) is 18.4 Å². The Labute approximate surface area is 424 Å². The number of likely N-dealkylation sites (N-methyl/N-ethyl adjacent to an activating group) is 1. The predicted molar refractivity (Wildman–Crippen MR) is 293 cm³/mol. The van der Waals surface area contributed by atoms with Crippen molar-refractivity contribution in [2.45, 2.75) is 321 Å². The molecule has 1 amide bonds. The zero-order valence-electron chi connectivity index (χ0n) is 46.3. The molecule has 0 aromatic rings. The van der Waals surface area contributed by atoms with Crippen molar-refractivity contribution in [2.75, 3.05) is 40.9 Å². The van der Waals surface area contributed by atoms with Gasteiger partial charge in [0.25, 0.3) is 7.82 Å². The number of hydrogen-bond acceptors (Lipinski definition) is 6. The number of allylic oxidation sites excluding steroid dienone is 2. The lowest BCUT2D eigenvalue weighted by molar-refractivity contribution is -0.870. The highest BCUT2D eigenvalue weighted by atomic mass is 31.2. The van der Waals surface area contributed by atoms with Gasteiger partial charge in [0.15, 0.2) is 0 Å². The SMILES string of the molecule is CCCCCCCCCC/C=C\CCCCCCCCCCCCCCCCCCCCCCCCCCCC(=O)NC(COP(=O)([O-])OCC[N+](C)(C)C)C(O)CCCCCCCCCCC. The van der Waals surface area contributed by atoms with Crippen LogP contribution < -0.4 is 10.2 Å². The largest absolute Gasteiger partial charge is 0.756 e. The minimum atomic E-state index is -4.56. The molecule has 0 heterocycles. The van der Waals surface area contributed by atoms with E-state index in [0.717, 1.165) is 38.5 Å². The Morgan fingerprint density at radius 1 is 0.500 bits per heavy atom. The van der Waals surface area contributed by atoms with Crippen LogP contribution in [0.1, 0.15) is 309 Å². The zero-order chi connectivity index (χ0) is 49.9. The number of nitrogens with one attached hydrogen (secondary N) is 1. The second-order valence-corrected chi connectivity index (χ2v) is 23.5. The molecule has 8 nitrogen and oxygen atoms in total. The number of phosphoric ester groups is 1. The van der Waals surface area contributed by atoms with E-state index in [0.29, 0.717) is 23.9 Å². The number of quaternary nitrogens is 1. The van der Waals surface area contributed by atoms with Gasteiger partial charge in [0.05, 0.1) is 39.9 Å². The Hall–Kier alpha value is -0.760. The molecule has 3 atom stereocenters. The number of hydrogen-bond donors (Lipinski definition) is 2. The third-order valence-electron chi connectivity index (χ3n) is 14.0. The molecule has 3 unspecified atom stereocenters. The fourth-order valence-electron chi connectivity index (χ4n) is 9.27. The first-order valence-electron chi connectivity index (χ1n) is 30.0. The third-order valence-corrected chi connectivity index (χ3v) is 15.0. The fourth-order valence-corrected chi connectivity index (χ4v) is 10.00. The summed E-state index contributed by atoms with van der Waals surface area (Å²) in [6.45, 7) is 4.73. The minimum absolute atomic E-state index is 0.0152. The molecule has 0 aliphatic rings. The van der Waals surface area contributed by atoms with Gasteiger partial charge in [0, 0.05) is 6.42 Å². The van der Waals surface area contributed by atoms with Crippen LogP contribution in [0.25, 0.3) is 0 Å². The van der Waals surface area contributed by atoms with Crippen LogP contribution in [-0.4, -0.2) is 68.5 Å². The molecule has 0 spiro atoms. The highest BCUT2D eigenvalue weighted by Gasteiger charge is 2.24. The van der Waals surface area contributed by atoms with Gasteiger partial charge in [-0.1, -0.05) is 276 Å². The number of phosphoric acid groups is 1. The average molecular weight is 984 g/mol. The van der Waals surface area contributed by atoms with E-state index in [1.165, 1.54) is 244 Å². The van der Waals surface area contributed by atoms with E-state index >= 15 is 0 Å². The second-order valence-electron chi connectivity index (χ2n) is 22.1. The molecule has 0 aliphatic heterocycles. The highest BCUT2D eigenvalue weighted by molar-refractivity contribution is 7.45. The smallest absolute Gasteiger partial charge is 0.268 e. The topological polar surface area (TPSA) is 108 Å². The monoisotopic (exact) mass is 983 g/mol. The Morgan fingerprint density at radius 2 is 0.809 bits per heavy atom. The number of nitrogens with zero attached hydrogens (tertiary/aromatic N) is 1. The summed E-state index contributed by atoms with van der Waals surface area (Å²) >= 11 is 0. The summed E-state index contributed by atoms with van der Waals surface area (Å²) < 4.78 is 23.3. The number of aliphatic hydroxyl groups is 1. The van der Waals surface area contributed by atoms with Crippen LogP contribution in [0, 0.1) is 0 Å². The first-order valence-corrected chi connectivity index (χ1v) is 31.5. The van der Waals surface area contributed by atoms with Gasteiger partial charge < -0.3 is 28.8 Å². The van der Waals surface area contributed by atoms with Crippen molar-refractivity contribution in [2.24, 2.45) is 0 Å². The normalized spacial score (nSPS) is 13.9. The molecule has 0 aliphatic carbocycles. The van der Waals surface area contributed by atoms with E-state index in [-0.39, 0.29) is 19.1 Å². The summed E-state index contributed by atoms with van der Waals surface area (Å²) in [7, 11) is 1.32. The van der Waals surface area contributed by atoms with Gasteiger partial charge in [-0.15, -0.1) is 0 Å². The quantitative estimate of drug-likeness (QED) is 0.0272. The molecule has 406 valence electrons. The molecule has 0 aromatic carbocycles. The second kappa shape index (κ2) is 51.2. The first-order chi connectivity index (χ1) is 33.0. The van der Waals surface area contributed by atoms with Crippen molar-refractivity contribution in [3.05, 3.63) is 12.2 Å². The number of rotatable bonds is 56. The number of carbonyl (C=O) groups is 1. The standard InChI is InChI=1S/C59H119N2O6P/c1-6-8-10-12-14-16-17-18-19-20-21-22-23-24-25-26-27-28-29-30-31-32-33-34-35-36-37-38-39-40-41-42-43-45-47-49-51-53-59(63)60-57(56-67-68(64,65)66-55-54-61(3,4)5)58(62)52-50-48-46-44-15-13-11-9-7-2/h20-21,57-58,62H,6-19,22-56H2,1-5H3,(H-,60,63,64,65)/b21-20-. The molecule has 2 N–H and O–H groups in total. The maximum absolute atomic E-state index is 12.9. The van der Waals surface area contributed by atoms with Crippen molar-refractivity contribution in [1.82, 2.24) is 5.32 Å². The van der Waals surface area contributed by atoms with Gasteiger partial charge in [0.2, 0.25) is 5.91 Å². The number of carbonyl (C=O) groups excluding carboxylic acids is 1. The maximum Gasteiger partial charge on any atom is 0.268 e. The Morgan fingerprint density at radius 3 is 1.15 bits per heavy atom. The van der Waals surface area contributed by atoms with Crippen LogP contribution in [0.3, 0.4) is 0 Å². The van der Waals surface area contributed by atoms with Crippen molar-refractivity contribution in [3.63, 3.8) is 0 Å². The summed E-state index contributed by atoms with van der Waals surface area (Å²) in [4.78, 5) is 25.4. The van der Waals surface area contributed by atoms with Crippen LogP contribution in [0.5, 0.6) is 0 Å². The predicted octanol–water partition coefficient (Wildman–Crippen LogP) is 17.6. The lowest BCUT2D eigenvalue weighted by atomic mass is 10.0. The molecule has 9 heteroatoms. The van der Waals surface area contributed by atoms with Gasteiger partial charge in [-0.25, -0.2) is 0 Å². The molecule has 0 bridgehead atoms. The number of aliphatic hydroxyl groups excluding tert-OH is 1. The van der Waals surface area contributed by atoms with Crippen LogP contribution >= 0.6 is 7.82 Å². The number of amides is 1. The van der Waals surface area contributed by atoms with Crippen molar-refractivity contribution in [3.8, 4) is 0 Å². The van der Waals surface area contributed by atoms with E-state index in [4.69, 9.17) is 9.05 Å². The van der Waals surface area contributed by atoms with Gasteiger partial charge in [0.1, 0.15) is 13.2 Å². The molecular formula is C59H119N2O6P.